The van der Waals surface area contributed by atoms with Crippen molar-refractivity contribution in [3.05, 3.63) is 63.6 Å². The second-order valence-corrected chi connectivity index (χ2v) is 5.68. The van der Waals surface area contributed by atoms with Gasteiger partial charge in [-0.25, -0.2) is 9.78 Å². The van der Waals surface area contributed by atoms with Gasteiger partial charge in [-0.1, -0.05) is 6.07 Å². The number of halogens is 1. The first-order chi connectivity index (χ1) is 10.1. The SMILES string of the molecule is O=C(O)c1cc(I)ccc1OCc1cn2ccccc2n1. The van der Waals surface area contributed by atoms with E-state index < -0.39 is 5.97 Å². The summed E-state index contributed by atoms with van der Waals surface area (Å²) in [5.41, 5.74) is 1.74. The molecule has 106 valence electrons. The first-order valence-electron chi connectivity index (χ1n) is 6.22. The standard InChI is InChI=1S/C15H11IN2O3/c16-10-4-5-13(12(7-10)15(19)20)21-9-11-8-18-6-2-1-3-14(18)17-11/h1-8H,9H2,(H,19,20). The lowest BCUT2D eigenvalue weighted by atomic mass is 10.2. The molecule has 0 radical (unpaired) electrons. The van der Waals surface area contributed by atoms with Crippen LogP contribution in [-0.4, -0.2) is 20.5 Å². The van der Waals surface area contributed by atoms with E-state index in [1.54, 1.807) is 12.1 Å². The summed E-state index contributed by atoms with van der Waals surface area (Å²) >= 11 is 2.07. The summed E-state index contributed by atoms with van der Waals surface area (Å²) in [7, 11) is 0. The van der Waals surface area contributed by atoms with Crippen LogP contribution < -0.4 is 4.74 Å². The molecule has 0 saturated carbocycles. The predicted octanol–water partition coefficient (Wildman–Crippen LogP) is 3.22. The van der Waals surface area contributed by atoms with Crippen molar-refractivity contribution in [1.29, 1.82) is 0 Å². The summed E-state index contributed by atoms with van der Waals surface area (Å²) < 4.78 is 8.35. The fraction of sp³-hybridized carbons (Fsp3) is 0.0667. The largest absolute Gasteiger partial charge is 0.486 e. The number of fused-ring (bicyclic) bond motifs is 1. The van der Waals surface area contributed by atoms with E-state index in [-0.39, 0.29) is 12.2 Å². The van der Waals surface area contributed by atoms with Crippen LogP contribution in [0.3, 0.4) is 0 Å². The number of hydrogen-bond donors (Lipinski definition) is 1. The Kier molecular flexibility index (Phi) is 3.78. The lowest BCUT2D eigenvalue weighted by Gasteiger charge is -2.08. The third-order valence-corrected chi connectivity index (χ3v) is 3.63. The monoisotopic (exact) mass is 394 g/mol. The van der Waals surface area contributed by atoms with Crippen LogP contribution in [0, 0.1) is 3.57 Å². The van der Waals surface area contributed by atoms with Gasteiger partial charge >= 0.3 is 5.97 Å². The maximum atomic E-state index is 11.2. The molecule has 0 fully saturated rings. The summed E-state index contributed by atoms with van der Waals surface area (Å²) in [5.74, 6) is -0.654. The molecule has 0 aliphatic rings. The summed E-state index contributed by atoms with van der Waals surface area (Å²) in [4.78, 5) is 15.6. The minimum Gasteiger partial charge on any atom is -0.486 e. The molecule has 2 aromatic heterocycles. The summed E-state index contributed by atoms with van der Waals surface area (Å²) in [6, 6.07) is 10.8. The molecule has 0 aliphatic heterocycles. The maximum absolute atomic E-state index is 11.2. The fourth-order valence-corrected chi connectivity index (χ4v) is 2.49. The van der Waals surface area contributed by atoms with E-state index in [4.69, 9.17) is 4.74 Å². The first-order valence-corrected chi connectivity index (χ1v) is 7.29. The lowest BCUT2D eigenvalue weighted by molar-refractivity contribution is 0.0691. The van der Waals surface area contributed by atoms with Crippen LogP contribution in [0.2, 0.25) is 0 Å². The Morgan fingerprint density at radius 2 is 2.19 bits per heavy atom. The summed E-state index contributed by atoms with van der Waals surface area (Å²) in [6.07, 6.45) is 3.77. The van der Waals surface area contributed by atoms with Crippen molar-refractivity contribution in [3.8, 4) is 5.75 Å². The minimum atomic E-state index is -1.00. The van der Waals surface area contributed by atoms with E-state index in [2.05, 4.69) is 27.6 Å². The highest BCUT2D eigenvalue weighted by Gasteiger charge is 2.12. The first kappa shape index (κ1) is 13.9. The number of carboxylic acid groups (broad SMARTS) is 1. The van der Waals surface area contributed by atoms with Crippen LogP contribution in [0.1, 0.15) is 16.1 Å². The fourth-order valence-electron chi connectivity index (χ4n) is 2.00. The Morgan fingerprint density at radius 3 is 2.95 bits per heavy atom. The highest BCUT2D eigenvalue weighted by atomic mass is 127. The van der Waals surface area contributed by atoms with Gasteiger partial charge in [0.25, 0.3) is 0 Å². The number of benzene rings is 1. The zero-order chi connectivity index (χ0) is 14.8. The molecule has 0 spiro atoms. The molecule has 0 unspecified atom stereocenters. The van der Waals surface area contributed by atoms with E-state index >= 15 is 0 Å². The van der Waals surface area contributed by atoms with Gasteiger partial charge < -0.3 is 14.2 Å². The van der Waals surface area contributed by atoms with Gasteiger partial charge in [-0.2, -0.15) is 0 Å². The molecular weight excluding hydrogens is 383 g/mol. The minimum absolute atomic E-state index is 0.158. The molecule has 0 bridgehead atoms. The topological polar surface area (TPSA) is 63.8 Å². The van der Waals surface area contributed by atoms with Gasteiger partial charge in [0.05, 0.1) is 5.69 Å². The molecule has 2 heterocycles. The Balaban J connectivity index is 1.83. The number of carboxylic acids is 1. The third kappa shape index (κ3) is 2.99. The zero-order valence-corrected chi connectivity index (χ0v) is 13.0. The Bertz CT molecular complexity index is 781. The molecule has 0 amide bonds. The molecule has 0 saturated heterocycles. The van der Waals surface area contributed by atoms with Crippen molar-refractivity contribution < 1.29 is 14.6 Å². The molecule has 3 aromatic rings. The number of ether oxygens (including phenoxy) is 1. The number of aromatic carboxylic acids is 1. The van der Waals surface area contributed by atoms with Crippen molar-refractivity contribution in [1.82, 2.24) is 9.38 Å². The molecular formula is C15H11IN2O3. The van der Waals surface area contributed by atoms with Gasteiger partial charge in [-0.15, -0.1) is 0 Å². The van der Waals surface area contributed by atoms with Crippen molar-refractivity contribution in [3.63, 3.8) is 0 Å². The Labute approximate surface area is 134 Å². The van der Waals surface area contributed by atoms with Crippen LogP contribution in [0.4, 0.5) is 0 Å². The average Bonchev–Trinajstić information content (AvgIpc) is 2.88. The van der Waals surface area contributed by atoms with Gasteiger partial charge in [0, 0.05) is 16.0 Å². The highest BCUT2D eigenvalue weighted by molar-refractivity contribution is 14.1. The molecule has 6 heteroatoms. The molecule has 1 N–H and O–H groups in total. The highest BCUT2D eigenvalue weighted by Crippen LogP contribution is 2.22. The molecule has 3 rings (SSSR count). The molecule has 5 nitrogen and oxygen atoms in total. The van der Waals surface area contributed by atoms with Crippen LogP contribution in [0.25, 0.3) is 5.65 Å². The maximum Gasteiger partial charge on any atom is 0.339 e. The molecule has 0 atom stereocenters. The normalized spacial score (nSPS) is 10.7. The van der Waals surface area contributed by atoms with Crippen molar-refractivity contribution in [2.75, 3.05) is 0 Å². The van der Waals surface area contributed by atoms with E-state index in [0.717, 1.165) is 14.9 Å². The zero-order valence-electron chi connectivity index (χ0n) is 10.9. The number of pyridine rings is 1. The van der Waals surface area contributed by atoms with Crippen LogP contribution in [0.5, 0.6) is 5.75 Å². The average molecular weight is 394 g/mol. The van der Waals surface area contributed by atoms with Crippen molar-refractivity contribution in [2.45, 2.75) is 6.61 Å². The number of aromatic nitrogens is 2. The van der Waals surface area contributed by atoms with Crippen LogP contribution >= 0.6 is 22.6 Å². The van der Waals surface area contributed by atoms with E-state index in [1.807, 2.05) is 41.1 Å². The quantitative estimate of drug-likeness (QED) is 0.691. The van der Waals surface area contributed by atoms with Crippen molar-refractivity contribution >= 4 is 34.2 Å². The van der Waals surface area contributed by atoms with Gasteiger partial charge in [0.1, 0.15) is 23.6 Å². The van der Waals surface area contributed by atoms with Crippen molar-refractivity contribution in [2.24, 2.45) is 0 Å². The van der Waals surface area contributed by atoms with E-state index in [1.165, 1.54) is 0 Å². The summed E-state index contributed by atoms with van der Waals surface area (Å²) in [6.45, 7) is 0.225. The molecule has 1 aromatic carbocycles. The second kappa shape index (κ2) is 5.72. The Morgan fingerprint density at radius 1 is 1.33 bits per heavy atom. The number of imidazole rings is 1. The summed E-state index contributed by atoms with van der Waals surface area (Å²) in [5, 5.41) is 9.20. The van der Waals surface area contributed by atoms with Gasteiger partial charge in [-0.3, -0.25) is 0 Å². The predicted molar refractivity (Wildman–Crippen MR) is 85.6 cm³/mol. The van der Waals surface area contributed by atoms with E-state index in [9.17, 15) is 9.90 Å². The number of carbonyl (C=O) groups is 1. The molecule has 0 aliphatic carbocycles. The van der Waals surface area contributed by atoms with Crippen LogP contribution in [-0.2, 0) is 6.61 Å². The number of hydrogen-bond acceptors (Lipinski definition) is 3. The Hall–Kier alpha value is -2.09. The van der Waals surface area contributed by atoms with Crippen LogP contribution in [0.15, 0.2) is 48.8 Å². The van der Waals surface area contributed by atoms with Gasteiger partial charge in [-0.05, 0) is 52.9 Å². The smallest absolute Gasteiger partial charge is 0.339 e. The second-order valence-electron chi connectivity index (χ2n) is 4.43. The number of nitrogens with zero attached hydrogens (tertiary/aromatic N) is 2. The van der Waals surface area contributed by atoms with Gasteiger partial charge in [0.2, 0.25) is 0 Å². The third-order valence-electron chi connectivity index (χ3n) is 2.96. The number of rotatable bonds is 4. The van der Waals surface area contributed by atoms with Gasteiger partial charge in [0.15, 0.2) is 0 Å². The molecule has 21 heavy (non-hydrogen) atoms. The van der Waals surface area contributed by atoms with E-state index in [0.29, 0.717) is 5.75 Å². The lowest BCUT2D eigenvalue weighted by Crippen LogP contribution is -2.04.